The molecule has 0 aromatic heterocycles. The Balaban J connectivity index is 4.44. The number of hydrogen-bond donors (Lipinski definition) is 3. The Morgan fingerprint density at radius 3 is 2.41 bits per heavy atom. The second kappa shape index (κ2) is 8.77. The van der Waals surface area contributed by atoms with Gasteiger partial charge in [-0.05, 0) is 12.8 Å². The summed E-state index contributed by atoms with van der Waals surface area (Å²) >= 11 is 0. The SMILES string of the molecule is CCCC(CCO)C(ONC(=O)OC)C(=O)O. The lowest BCUT2D eigenvalue weighted by atomic mass is 9.94. The van der Waals surface area contributed by atoms with Gasteiger partial charge in [0.15, 0.2) is 6.10 Å². The summed E-state index contributed by atoms with van der Waals surface area (Å²) in [5.41, 5.74) is 1.89. The van der Waals surface area contributed by atoms with E-state index in [0.29, 0.717) is 12.8 Å². The molecule has 0 saturated heterocycles. The van der Waals surface area contributed by atoms with E-state index in [9.17, 15) is 9.59 Å². The molecule has 7 nitrogen and oxygen atoms in total. The molecule has 0 aromatic rings. The molecule has 0 spiro atoms. The van der Waals surface area contributed by atoms with Crippen LogP contribution in [0.15, 0.2) is 0 Å². The van der Waals surface area contributed by atoms with Gasteiger partial charge in [0.05, 0.1) is 7.11 Å². The molecule has 17 heavy (non-hydrogen) atoms. The highest BCUT2D eigenvalue weighted by molar-refractivity contribution is 5.73. The van der Waals surface area contributed by atoms with E-state index in [0.717, 1.165) is 13.5 Å². The molecule has 0 rings (SSSR count). The first-order chi connectivity index (χ1) is 8.06. The van der Waals surface area contributed by atoms with Crippen molar-refractivity contribution in [2.75, 3.05) is 13.7 Å². The molecule has 0 bridgehead atoms. The summed E-state index contributed by atoms with van der Waals surface area (Å²) in [6, 6.07) is 0. The van der Waals surface area contributed by atoms with Crippen LogP contribution in [-0.4, -0.2) is 42.1 Å². The quantitative estimate of drug-likeness (QED) is 0.542. The minimum absolute atomic E-state index is 0.129. The van der Waals surface area contributed by atoms with E-state index >= 15 is 0 Å². The molecule has 0 radical (unpaired) electrons. The van der Waals surface area contributed by atoms with Gasteiger partial charge < -0.3 is 14.9 Å². The fraction of sp³-hybridized carbons (Fsp3) is 0.800. The first-order valence-corrected chi connectivity index (χ1v) is 5.40. The number of aliphatic hydroxyl groups is 1. The number of ether oxygens (including phenoxy) is 1. The molecule has 0 aliphatic rings. The third-order valence-electron chi connectivity index (χ3n) is 2.29. The largest absolute Gasteiger partial charge is 0.479 e. The summed E-state index contributed by atoms with van der Waals surface area (Å²) in [7, 11) is 1.14. The van der Waals surface area contributed by atoms with Gasteiger partial charge in [-0.15, -0.1) is 0 Å². The van der Waals surface area contributed by atoms with Crippen molar-refractivity contribution in [3.8, 4) is 0 Å². The first kappa shape index (κ1) is 15.7. The number of rotatable bonds is 8. The number of carboxylic acids is 1. The first-order valence-electron chi connectivity index (χ1n) is 5.40. The van der Waals surface area contributed by atoms with Crippen LogP contribution in [0.25, 0.3) is 0 Å². The van der Waals surface area contributed by atoms with E-state index < -0.39 is 18.2 Å². The number of methoxy groups -OCH3 is 1. The average Bonchev–Trinajstić information content (AvgIpc) is 2.29. The minimum atomic E-state index is -1.19. The number of hydroxylamine groups is 1. The predicted molar refractivity (Wildman–Crippen MR) is 58.2 cm³/mol. The molecule has 0 aliphatic carbocycles. The lowest BCUT2D eigenvalue weighted by Gasteiger charge is -2.22. The normalized spacial score (nSPS) is 13.8. The highest BCUT2D eigenvalue weighted by Crippen LogP contribution is 2.18. The Hall–Kier alpha value is -1.34. The summed E-state index contributed by atoms with van der Waals surface area (Å²) in [6.07, 6.45) is -0.416. The third-order valence-corrected chi connectivity index (χ3v) is 2.29. The molecule has 1 amide bonds. The second-order valence-corrected chi connectivity index (χ2v) is 3.53. The molecule has 0 heterocycles. The Bertz CT molecular complexity index is 239. The fourth-order valence-corrected chi connectivity index (χ4v) is 1.49. The monoisotopic (exact) mass is 249 g/mol. The highest BCUT2D eigenvalue weighted by atomic mass is 16.7. The van der Waals surface area contributed by atoms with Crippen molar-refractivity contribution in [1.29, 1.82) is 0 Å². The average molecular weight is 249 g/mol. The zero-order chi connectivity index (χ0) is 13.3. The summed E-state index contributed by atoms with van der Waals surface area (Å²) in [4.78, 5) is 26.6. The maximum atomic E-state index is 11.0. The number of nitrogens with one attached hydrogen (secondary N) is 1. The summed E-state index contributed by atoms with van der Waals surface area (Å²) < 4.78 is 4.26. The standard InChI is InChI=1S/C10H19NO6/c1-3-4-7(5-6-12)8(9(13)14)17-11-10(15)16-2/h7-8,12H,3-6H2,1-2H3,(H,11,15)(H,13,14). The molecule has 2 atom stereocenters. The second-order valence-electron chi connectivity index (χ2n) is 3.53. The van der Waals surface area contributed by atoms with Crippen LogP contribution in [0.2, 0.25) is 0 Å². The molecule has 2 unspecified atom stereocenters. The third kappa shape index (κ3) is 6.08. The summed E-state index contributed by atoms with van der Waals surface area (Å²) in [6.45, 7) is 1.77. The molecule has 0 fully saturated rings. The van der Waals surface area contributed by atoms with Gasteiger partial charge in [0.25, 0.3) is 0 Å². The number of amides is 1. The van der Waals surface area contributed by atoms with E-state index in [2.05, 4.69) is 4.74 Å². The molecule has 0 aliphatic heterocycles. The molecular weight excluding hydrogens is 230 g/mol. The Kier molecular flexibility index (Phi) is 8.08. The van der Waals surface area contributed by atoms with Crippen LogP contribution in [0.4, 0.5) is 4.79 Å². The van der Waals surface area contributed by atoms with E-state index in [4.69, 9.17) is 15.1 Å². The van der Waals surface area contributed by atoms with Crippen molar-refractivity contribution in [3.05, 3.63) is 0 Å². The van der Waals surface area contributed by atoms with Gasteiger partial charge in [0.2, 0.25) is 0 Å². The number of aliphatic hydroxyl groups excluding tert-OH is 1. The molecule has 0 aromatic carbocycles. The van der Waals surface area contributed by atoms with Crippen LogP contribution in [0.1, 0.15) is 26.2 Å². The smallest absolute Gasteiger partial charge is 0.431 e. The van der Waals surface area contributed by atoms with Crippen molar-refractivity contribution in [3.63, 3.8) is 0 Å². The van der Waals surface area contributed by atoms with Crippen LogP contribution < -0.4 is 5.48 Å². The minimum Gasteiger partial charge on any atom is -0.479 e. The topological polar surface area (TPSA) is 105 Å². The maximum absolute atomic E-state index is 11.0. The highest BCUT2D eigenvalue weighted by Gasteiger charge is 2.29. The number of aliphatic carboxylic acids is 1. The van der Waals surface area contributed by atoms with E-state index in [1.165, 1.54) is 0 Å². The van der Waals surface area contributed by atoms with Crippen LogP contribution >= 0.6 is 0 Å². The Morgan fingerprint density at radius 2 is 2.00 bits per heavy atom. The molecule has 3 N–H and O–H groups in total. The zero-order valence-corrected chi connectivity index (χ0v) is 10.0. The molecular formula is C10H19NO6. The van der Waals surface area contributed by atoms with Crippen molar-refractivity contribution in [1.82, 2.24) is 5.48 Å². The fourth-order valence-electron chi connectivity index (χ4n) is 1.49. The van der Waals surface area contributed by atoms with Crippen LogP contribution in [-0.2, 0) is 14.4 Å². The van der Waals surface area contributed by atoms with Gasteiger partial charge in [0, 0.05) is 12.5 Å². The molecule has 0 saturated carbocycles. The molecule has 100 valence electrons. The Labute approximate surface area is 99.7 Å². The van der Waals surface area contributed by atoms with Gasteiger partial charge in [-0.3, -0.25) is 4.84 Å². The van der Waals surface area contributed by atoms with Gasteiger partial charge in [-0.1, -0.05) is 13.3 Å². The summed E-state index contributed by atoms with van der Waals surface area (Å²) in [5, 5.41) is 17.8. The molecule has 7 heteroatoms. The predicted octanol–water partition coefficient (Wildman–Crippen LogP) is 0.526. The number of carbonyl (C=O) groups excluding carboxylic acids is 1. The summed E-state index contributed by atoms with van der Waals surface area (Å²) in [5.74, 6) is -1.55. The van der Waals surface area contributed by atoms with E-state index in [1.807, 2.05) is 12.4 Å². The van der Waals surface area contributed by atoms with Crippen molar-refractivity contribution < 1.29 is 29.4 Å². The van der Waals surface area contributed by atoms with Crippen LogP contribution in [0, 0.1) is 5.92 Å². The number of carboxylic acid groups (broad SMARTS) is 1. The van der Waals surface area contributed by atoms with E-state index in [-0.39, 0.29) is 12.5 Å². The van der Waals surface area contributed by atoms with Crippen molar-refractivity contribution in [2.45, 2.75) is 32.3 Å². The van der Waals surface area contributed by atoms with Crippen LogP contribution in [0.3, 0.4) is 0 Å². The number of carbonyl (C=O) groups is 2. The maximum Gasteiger partial charge on any atom is 0.431 e. The van der Waals surface area contributed by atoms with Gasteiger partial charge in [0.1, 0.15) is 0 Å². The van der Waals surface area contributed by atoms with Crippen LogP contribution in [0.5, 0.6) is 0 Å². The van der Waals surface area contributed by atoms with Gasteiger partial charge in [-0.25, -0.2) is 9.59 Å². The Morgan fingerprint density at radius 1 is 1.35 bits per heavy atom. The van der Waals surface area contributed by atoms with Gasteiger partial charge in [-0.2, -0.15) is 5.48 Å². The zero-order valence-electron chi connectivity index (χ0n) is 10.0. The number of hydrogen-bond acceptors (Lipinski definition) is 5. The van der Waals surface area contributed by atoms with E-state index in [1.54, 1.807) is 0 Å². The lowest BCUT2D eigenvalue weighted by molar-refractivity contribution is -0.160. The van der Waals surface area contributed by atoms with Crippen molar-refractivity contribution >= 4 is 12.1 Å². The van der Waals surface area contributed by atoms with Crippen molar-refractivity contribution in [2.24, 2.45) is 5.92 Å². The van der Waals surface area contributed by atoms with Gasteiger partial charge >= 0.3 is 12.1 Å². The lowest BCUT2D eigenvalue weighted by Crippen LogP contribution is -2.39.